The zero-order chi connectivity index (χ0) is 21.2. The van der Waals surface area contributed by atoms with Crippen LogP contribution in [0.2, 0.25) is 0 Å². The minimum absolute atomic E-state index is 0.872. The first kappa shape index (κ1) is 24.5. The van der Waals surface area contributed by atoms with Crippen LogP contribution in [0, 0.1) is 0 Å². The van der Waals surface area contributed by atoms with Gasteiger partial charge in [0.2, 0.25) is 0 Å². The summed E-state index contributed by atoms with van der Waals surface area (Å²) in [6, 6.07) is 44.0. The first-order valence-electron chi connectivity index (χ1n) is 9.79. The molecule has 0 N–H and O–H groups in total. The van der Waals surface area contributed by atoms with Gasteiger partial charge in [-0.25, -0.2) is 0 Å². The molecular formula is C25H22BrI2PZn. The first-order chi connectivity index (χ1) is 14.6. The molecule has 0 saturated heterocycles. The molecule has 0 bridgehead atoms. The Bertz CT molecular complexity index is 901. The summed E-state index contributed by atoms with van der Waals surface area (Å²) in [5.74, 6) is 0. The maximum absolute atomic E-state index is 3.45. The van der Waals surface area contributed by atoms with Crippen molar-refractivity contribution >= 4 is 76.3 Å². The number of hydrogen-bond acceptors (Lipinski definition) is 0. The van der Waals surface area contributed by atoms with Gasteiger partial charge in [0.05, 0.1) is 6.16 Å². The Morgan fingerprint density at radius 2 is 0.800 bits per heavy atom. The van der Waals surface area contributed by atoms with Crippen LogP contribution < -0.4 is 15.9 Å². The third-order valence-corrected chi connectivity index (χ3v) is 9.23. The Hall–Kier alpha value is -0.127. The summed E-state index contributed by atoms with van der Waals surface area (Å²) in [5, 5.41) is 4.30. The fraction of sp³-hybridized carbons (Fsp3) is 0.0400. The van der Waals surface area contributed by atoms with Crippen molar-refractivity contribution < 1.29 is 6.96 Å². The van der Waals surface area contributed by atoms with Crippen LogP contribution in [0.4, 0.5) is 0 Å². The summed E-state index contributed by atoms with van der Waals surface area (Å²) in [6.07, 6.45) is 1.03. The Labute approximate surface area is 213 Å². The summed E-state index contributed by atoms with van der Waals surface area (Å²) in [6.45, 7) is -0.872. The fourth-order valence-electron chi connectivity index (χ4n) is 3.63. The quantitative estimate of drug-likeness (QED) is 0.111. The fourth-order valence-corrected chi connectivity index (χ4v) is 7.87. The van der Waals surface area contributed by atoms with Gasteiger partial charge in [0, 0.05) is 0 Å². The molecular weight excluding hydrogens is 730 g/mol. The topological polar surface area (TPSA) is 0 Å². The molecule has 0 aliphatic carbocycles. The summed E-state index contributed by atoms with van der Waals surface area (Å²) >= 11 is 8.36. The zero-order valence-electron chi connectivity index (χ0n) is 16.5. The van der Waals surface area contributed by atoms with E-state index in [-0.39, 0.29) is 0 Å². The van der Waals surface area contributed by atoms with Gasteiger partial charge >= 0.3 is 60.1 Å². The molecule has 0 saturated carbocycles. The van der Waals surface area contributed by atoms with Gasteiger partial charge in [-0.2, -0.15) is 0 Å². The van der Waals surface area contributed by atoms with Gasteiger partial charge in [-0.15, -0.1) is 0 Å². The molecule has 0 radical (unpaired) electrons. The maximum atomic E-state index is 3.45. The molecule has 0 fully saturated rings. The molecule has 4 rings (SSSR count). The maximum Gasteiger partial charge on any atom is 0.116 e. The Balaban J connectivity index is 0.000000589. The number of benzene rings is 4. The van der Waals surface area contributed by atoms with Gasteiger partial charge < -0.3 is 0 Å². The third kappa shape index (κ3) is 6.69. The van der Waals surface area contributed by atoms with Crippen LogP contribution in [0.15, 0.2) is 121 Å². The normalized spacial score (nSPS) is 10.6. The van der Waals surface area contributed by atoms with E-state index in [9.17, 15) is 0 Å². The van der Waals surface area contributed by atoms with Gasteiger partial charge in [0.25, 0.3) is 0 Å². The predicted octanol–water partition coefficient (Wildman–Crippen LogP) is 7.80. The average molecular weight is 753 g/mol. The summed E-state index contributed by atoms with van der Waals surface area (Å²) in [7, 11) is -1.78. The minimum Gasteiger partial charge on any atom is -0.0622 e. The molecule has 4 aromatic carbocycles. The molecule has 0 aromatic heterocycles. The molecule has 150 valence electrons. The SMILES string of the molecule is [Br][Zn-]([I])[I].c1ccc(C[P+](c2ccccc2)(c2ccccc2)c2ccccc2)cc1. The first-order valence-corrected chi connectivity index (χ1v) is 36.8. The van der Waals surface area contributed by atoms with E-state index in [1.54, 1.807) is 0 Å². The van der Waals surface area contributed by atoms with Crippen LogP contribution in [0.3, 0.4) is 0 Å². The molecule has 0 aliphatic heterocycles. The second-order valence-corrected chi connectivity index (χ2v) is 70.2. The van der Waals surface area contributed by atoms with Gasteiger partial charge in [-0.1, -0.05) is 84.9 Å². The molecule has 0 heterocycles. The standard InChI is InChI=1S/C25H22P.BrH.2HI.Zn/c1-5-13-22(14-6-1)21-26(23-15-7-2-8-16-23,24-17-9-3-10-18-24)25-19-11-4-12-20-25;;;;/h1-20H,21H2;3*1H;/q+1;;;;+2/p-3. The monoisotopic (exact) mass is 750 g/mol. The van der Waals surface area contributed by atoms with Crippen LogP contribution in [0.5, 0.6) is 0 Å². The van der Waals surface area contributed by atoms with E-state index < -0.39 is 14.2 Å². The second-order valence-electron chi connectivity index (χ2n) is 6.76. The van der Waals surface area contributed by atoms with Crippen molar-refractivity contribution in [2.45, 2.75) is 6.16 Å². The van der Waals surface area contributed by atoms with Crippen LogP contribution in [0.1, 0.15) is 5.56 Å². The van der Waals surface area contributed by atoms with Crippen molar-refractivity contribution in [2.75, 3.05) is 0 Å². The van der Waals surface area contributed by atoms with Crippen molar-refractivity contribution in [1.29, 1.82) is 0 Å². The molecule has 30 heavy (non-hydrogen) atoms. The van der Waals surface area contributed by atoms with Gasteiger partial charge in [-0.05, 0) is 42.0 Å². The number of halogens is 3. The summed E-state index contributed by atoms with van der Waals surface area (Å²) in [5.41, 5.74) is 1.39. The van der Waals surface area contributed by atoms with Gasteiger partial charge in [-0.3, -0.25) is 0 Å². The minimum atomic E-state index is -1.78. The van der Waals surface area contributed by atoms with E-state index in [0.29, 0.717) is 0 Å². The largest absolute Gasteiger partial charge is 0.116 e. The van der Waals surface area contributed by atoms with Crippen molar-refractivity contribution in [3.05, 3.63) is 127 Å². The molecule has 0 atom stereocenters. The van der Waals surface area contributed by atoms with E-state index in [4.69, 9.17) is 0 Å². The molecule has 0 spiro atoms. The van der Waals surface area contributed by atoms with E-state index >= 15 is 0 Å². The molecule has 0 aliphatic rings. The molecule has 4 aromatic rings. The molecule has 0 unspecified atom stereocenters. The Kier molecular flexibility index (Phi) is 10.5. The van der Waals surface area contributed by atoms with E-state index in [2.05, 4.69) is 174 Å². The number of rotatable bonds is 5. The van der Waals surface area contributed by atoms with Crippen LogP contribution in [-0.2, 0) is 13.1 Å². The van der Waals surface area contributed by atoms with E-state index in [1.165, 1.54) is 21.5 Å². The zero-order valence-corrected chi connectivity index (χ0v) is 26.3. The van der Waals surface area contributed by atoms with Gasteiger partial charge in [0.15, 0.2) is 0 Å². The smallest absolute Gasteiger partial charge is 0.0622 e. The summed E-state index contributed by atoms with van der Waals surface area (Å²) in [4.78, 5) is 0. The molecule has 5 heteroatoms. The second kappa shape index (κ2) is 12.8. The van der Waals surface area contributed by atoms with Crippen LogP contribution >= 0.6 is 60.4 Å². The van der Waals surface area contributed by atoms with Crippen molar-refractivity contribution in [1.82, 2.24) is 0 Å². The van der Waals surface area contributed by atoms with Gasteiger partial charge in [0.1, 0.15) is 23.2 Å². The van der Waals surface area contributed by atoms with Crippen molar-refractivity contribution in [2.24, 2.45) is 0 Å². The Morgan fingerprint density at radius 3 is 1.10 bits per heavy atom. The third-order valence-electron chi connectivity index (χ3n) is 4.85. The van der Waals surface area contributed by atoms with Crippen LogP contribution in [-0.4, -0.2) is 0 Å². The van der Waals surface area contributed by atoms with Crippen molar-refractivity contribution in [3.63, 3.8) is 0 Å². The molecule has 0 amide bonds. The number of hydrogen-bond donors (Lipinski definition) is 0. The van der Waals surface area contributed by atoms with Crippen molar-refractivity contribution in [3.8, 4) is 0 Å². The average Bonchev–Trinajstić information content (AvgIpc) is 2.80. The van der Waals surface area contributed by atoms with E-state index in [0.717, 1.165) is 6.16 Å². The van der Waals surface area contributed by atoms with E-state index in [1.807, 2.05) is 0 Å². The van der Waals surface area contributed by atoms with Crippen LogP contribution in [0.25, 0.3) is 0 Å². The predicted molar refractivity (Wildman–Crippen MR) is 152 cm³/mol. The Morgan fingerprint density at radius 1 is 0.533 bits per heavy atom. The molecule has 0 nitrogen and oxygen atoms in total. The summed E-state index contributed by atoms with van der Waals surface area (Å²) < 4.78 is 0.